The molecule has 1 aliphatic rings. The van der Waals surface area contributed by atoms with Crippen LogP contribution in [0.1, 0.15) is 11.3 Å². The van der Waals surface area contributed by atoms with Crippen molar-refractivity contribution in [2.45, 2.75) is 18.6 Å². The molecule has 0 aromatic carbocycles. The lowest BCUT2D eigenvalue weighted by molar-refractivity contribution is -0.134. The van der Waals surface area contributed by atoms with Crippen LogP contribution in [0.4, 0.5) is 18.3 Å². The molecule has 1 saturated heterocycles. The zero-order valence-electron chi connectivity index (χ0n) is 8.49. The molecule has 0 bridgehead atoms. The molecule has 1 fully saturated rings. The van der Waals surface area contributed by atoms with Gasteiger partial charge in [-0.2, -0.15) is 13.2 Å². The second-order valence-corrected chi connectivity index (χ2v) is 7.03. The van der Waals surface area contributed by atoms with E-state index in [2.05, 4.69) is 10.3 Å². The minimum atomic E-state index is -4.40. The van der Waals surface area contributed by atoms with Crippen molar-refractivity contribution >= 4 is 26.3 Å². The van der Waals surface area contributed by atoms with Gasteiger partial charge in [-0.25, -0.2) is 13.4 Å². The van der Waals surface area contributed by atoms with Gasteiger partial charge in [-0.15, -0.1) is 0 Å². The monoisotopic (exact) mass is 286 g/mol. The van der Waals surface area contributed by atoms with Gasteiger partial charge in [0.05, 0.1) is 17.7 Å². The summed E-state index contributed by atoms with van der Waals surface area (Å²) in [7, 11) is -3.05. The van der Waals surface area contributed by atoms with Crippen molar-refractivity contribution in [3.05, 3.63) is 11.1 Å². The normalized spacial score (nSPS) is 23.8. The van der Waals surface area contributed by atoms with Gasteiger partial charge in [0.2, 0.25) is 0 Å². The van der Waals surface area contributed by atoms with E-state index in [1.54, 1.807) is 0 Å². The summed E-state index contributed by atoms with van der Waals surface area (Å²) in [4.78, 5) is 2.80. The average Bonchev–Trinajstić information content (AvgIpc) is 2.72. The van der Waals surface area contributed by atoms with E-state index < -0.39 is 20.9 Å². The molecule has 9 heteroatoms. The highest BCUT2D eigenvalue weighted by atomic mass is 32.2. The SMILES string of the molecule is O=S1(=O)CCC(Nc2ncc(C(F)(F)F)s2)C1. The number of sulfone groups is 1. The lowest BCUT2D eigenvalue weighted by Crippen LogP contribution is -2.20. The highest BCUT2D eigenvalue weighted by molar-refractivity contribution is 7.91. The fourth-order valence-electron chi connectivity index (χ4n) is 1.56. The molecule has 96 valence electrons. The zero-order chi connectivity index (χ0) is 12.7. The first-order chi connectivity index (χ1) is 7.76. The van der Waals surface area contributed by atoms with E-state index in [1.165, 1.54) is 0 Å². The number of hydrogen-bond acceptors (Lipinski definition) is 5. The van der Waals surface area contributed by atoms with E-state index in [1.807, 2.05) is 0 Å². The number of rotatable bonds is 2. The molecular formula is C8H9F3N2O2S2. The van der Waals surface area contributed by atoms with E-state index >= 15 is 0 Å². The predicted octanol–water partition coefficient (Wildman–Crippen LogP) is 1.76. The summed E-state index contributed by atoms with van der Waals surface area (Å²) < 4.78 is 59.2. The molecule has 1 N–H and O–H groups in total. The third kappa shape index (κ3) is 3.09. The first kappa shape index (κ1) is 12.6. The van der Waals surface area contributed by atoms with Crippen LogP contribution in [0.15, 0.2) is 6.20 Å². The van der Waals surface area contributed by atoms with Crippen molar-refractivity contribution in [2.75, 3.05) is 16.8 Å². The fourth-order valence-corrected chi connectivity index (χ4v) is 3.99. The summed E-state index contributed by atoms with van der Waals surface area (Å²) in [6.07, 6.45) is -3.25. The van der Waals surface area contributed by atoms with Crippen LogP contribution >= 0.6 is 11.3 Å². The molecule has 1 aromatic heterocycles. The maximum atomic E-state index is 12.3. The van der Waals surface area contributed by atoms with Crippen LogP contribution in [0, 0.1) is 0 Å². The van der Waals surface area contributed by atoms with Crippen LogP contribution in [0.5, 0.6) is 0 Å². The number of alkyl halides is 3. The molecule has 0 saturated carbocycles. The standard InChI is InChI=1S/C8H9F3N2O2S2/c9-8(10,11)6-3-12-7(16-6)13-5-1-2-17(14,15)4-5/h3,5H,1-2,4H2,(H,12,13). The topological polar surface area (TPSA) is 59.1 Å². The Bertz CT molecular complexity index is 509. The number of halogens is 3. The molecule has 4 nitrogen and oxygen atoms in total. The maximum Gasteiger partial charge on any atom is 0.427 e. The number of nitrogens with one attached hydrogen (secondary N) is 1. The third-order valence-corrected chi connectivity index (χ3v) is 5.09. The summed E-state index contributed by atoms with van der Waals surface area (Å²) in [6.45, 7) is 0. The van der Waals surface area contributed by atoms with Crippen LogP contribution in [0.2, 0.25) is 0 Å². The molecule has 1 atom stereocenters. The van der Waals surface area contributed by atoms with Crippen LogP contribution in [-0.2, 0) is 16.0 Å². The summed E-state index contributed by atoms with van der Waals surface area (Å²) in [5.74, 6) is 0.0239. The van der Waals surface area contributed by atoms with Crippen molar-refractivity contribution in [3.8, 4) is 0 Å². The second-order valence-electron chi connectivity index (χ2n) is 3.77. The summed E-state index contributed by atoms with van der Waals surface area (Å²) >= 11 is 0.485. The summed E-state index contributed by atoms with van der Waals surface area (Å²) in [6, 6.07) is -0.341. The van der Waals surface area contributed by atoms with Gasteiger partial charge in [0.15, 0.2) is 15.0 Å². The van der Waals surface area contributed by atoms with E-state index in [0.29, 0.717) is 17.8 Å². The second kappa shape index (κ2) is 4.13. The Morgan fingerprint density at radius 3 is 2.65 bits per heavy atom. The number of hydrogen-bond donors (Lipinski definition) is 1. The fraction of sp³-hybridized carbons (Fsp3) is 0.625. The van der Waals surface area contributed by atoms with Gasteiger partial charge < -0.3 is 5.32 Å². The molecule has 0 amide bonds. The Morgan fingerprint density at radius 1 is 1.47 bits per heavy atom. The molecule has 0 radical (unpaired) electrons. The molecule has 0 aliphatic carbocycles. The molecule has 2 heterocycles. The van der Waals surface area contributed by atoms with Gasteiger partial charge >= 0.3 is 6.18 Å². The number of anilines is 1. The Kier molecular flexibility index (Phi) is 3.06. The molecule has 0 spiro atoms. The predicted molar refractivity (Wildman–Crippen MR) is 57.8 cm³/mol. The molecule has 2 rings (SSSR count). The minimum absolute atomic E-state index is 0.0477. The first-order valence-corrected chi connectivity index (χ1v) is 7.40. The summed E-state index contributed by atoms with van der Waals surface area (Å²) in [5.41, 5.74) is 0. The highest BCUT2D eigenvalue weighted by Gasteiger charge is 2.34. The van der Waals surface area contributed by atoms with Crippen molar-refractivity contribution in [3.63, 3.8) is 0 Å². The van der Waals surface area contributed by atoms with E-state index in [-0.39, 0.29) is 22.7 Å². The van der Waals surface area contributed by atoms with Crippen LogP contribution in [0.3, 0.4) is 0 Å². The van der Waals surface area contributed by atoms with Gasteiger partial charge in [-0.3, -0.25) is 0 Å². The van der Waals surface area contributed by atoms with E-state index in [9.17, 15) is 21.6 Å². The summed E-state index contributed by atoms with van der Waals surface area (Å²) in [5, 5.41) is 2.83. The van der Waals surface area contributed by atoms with Crippen molar-refractivity contribution in [1.29, 1.82) is 0 Å². The average molecular weight is 286 g/mol. The van der Waals surface area contributed by atoms with E-state index in [0.717, 1.165) is 6.20 Å². The number of thiazole rings is 1. The Balaban J connectivity index is 2.03. The van der Waals surface area contributed by atoms with Gasteiger partial charge in [0.25, 0.3) is 0 Å². The van der Waals surface area contributed by atoms with Crippen LogP contribution in [-0.4, -0.2) is 30.9 Å². The van der Waals surface area contributed by atoms with Crippen molar-refractivity contribution in [2.24, 2.45) is 0 Å². The van der Waals surface area contributed by atoms with Crippen LogP contribution in [0.25, 0.3) is 0 Å². The lowest BCUT2D eigenvalue weighted by atomic mass is 10.3. The van der Waals surface area contributed by atoms with Crippen molar-refractivity contribution in [1.82, 2.24) is 4.98 Å². The largest absolute Gasteiger partial charge is 0.427 e. The molecule has 1 aliphatic heterocycles. The molecule has 17 heavy (non-hydrogen) atoms. The molecule has 1 aromatic rings. The number of nitrogens with zero attached hydrogens (tertiary/aromatic N) is 1. The first-order valence-electron chi connectivity index (χ1n) is 4.76. The minimum Gasteiger partial charge on any atom is -0.358 e. The van der Waals surface area contributed by atoms with Gasteiger partial charge in [-0.1, -0.05) is 11.3 Å². The quantitative estimate of drug-likeness (QED) is 0.900. The smallest absolute Gasteiger partial charge is 0.358 e. The third-order valence-electron chi connectivity index (χ3n) is 2.35. The zero-order valence-corrected chi connectivity index (χ0v) is 10.1. The van der Waals surface area contributed by atoms with Crippen LogP contribution < -0.4 is 5.32 Å². The van der Waals surface area contributed by atoms with Crippen molar-refractivity contribution < 1.29 is 21.6 Å². The molecule has 1 unspecified atom stereocenters. The molecular weight excluding hydrogens is 277 g/mol. The Morgan fingerprint density at radius 2 is 2.18 bits per heavy atom. The van der Waals surface area contributed by atoms with E-state index in [4.69, 9.17) is 0 Å². The van der Waals surface area contributed by atoms with Gasteiger partial charge in [-0.05, 0) is 6.42 Å². The number of aromatic nitrogens is 1. The Labute approximate surface area is 99.8 Å². The Hall–Kier alpha value is -0.830. The van der Waals surface area contributed by atoms with Gasteiger partial charge in [0, 0.05) is 6.04 Å². The highest BCUT2D eigenvalue weighted by Crippen LogP contribution is 2.35. The lowest BCUT2D eigenvalue weighted by Gasteiger charge is -2.08. The maximum absolute atomic E-state index is 12.3. The van der Waals surface area contributed by atoms with Gasteiger partial charge in [0.1, 0.15) is 4.88 Å².